The number of benzene rings is 2. The Bertz CT molecular complexity index is 740. The van der Waals surface area contributed by atoms with Crippen LogP contribution in [0.25, 0.3) is 0 Å². The number of nitrogens with zero attached hydrogens (tertiary/aromatic N) is 1. The molecule has 6 heteroatoms. The highest BCUT2D eigenvalue weighted by molar-refractivity contribution is 5.95. The van der Waals surface area contributed by atoms with Crippen LogP contribution in [0.15, 0.2) is 53.5 Å². The second kappa shape index (κ2) is 6.39. The van der Waals surface area contributed by atoms with Crippen molar-refractivity contribution in [2.24, 2.45) is 16.5 Å². The molecule has 0 saturated carbocycles. The van der Waals surface area contributed by atoms with Crippen LogP contribution in [-0.2, 0) is 11.2 Å². The van der Waals surface area contributed by atoms with Gasteiger partial charge in [0, 0.05) is 0 Å². The van der Waals surface area contributed by atoms with Gasteiger partial charge in [0.1, 0.15) is 0 Å². The molecule has 0 fully saturated rings. The third-order valence-electron chi connectivity index (χ3n) is 3.62. The van der Waals surface area contributed by atoms with E-state index in [-0.39, 0.29) is 18.7 Å². The first-order chi connectivity index (χ1) is 11.1. The summed E-state index contributed by atoms with van der Waals surface area (Å²) >= 11 is 0. The van der Waals surface area contributed by atoms with Gasteiger partial charge in [0.15, 0.2) is 17.5 Å². The minimum Gasteiger partial charge on any atom is -0.454 e. The highest BCUT2D eigenvalue weighted by atomic mass is 16.7. The largest absolute Gasteiger partial charge is 0.454 e. The minimum atomic E-state index is -0.492. The summed E-state index contributed by atoms with van der Waals surface area (Å²) in [7, 11) is 0. The molecule has 0 spiro atoms. The van der Waals surface area contributed by atoms with Crippen LogP contribution in [-0.4, -0.2) is 18.7 Å². The van der Waals surface area contributed by atoms with Crippen molar-refractivity contribution < 1.29 is 14.3 Å². The molecule has 1 aliphatic rings. The number of hydrogen-bond acceptors (Lipinski definition) is 3. The molecule has 3 rings (SSSR count). The zero-order chi connectivity index (χ0) is 16.2. The Morgan fingerprint density at radius 2 is 1.83 bits per heavy atom. The van der Waals surface area contributed by atoms with Gasteiger partial charge in [-0.15, -0.1) is 0 Å². The molecule has 0 bridgehead atoms. The lowest BCUT2D eigenvalue weighted by molar-refractivity contribution is -0.119. The molecule has 0 aliphatic carbocycles. The summed E-state index contributed by atoms with van der Waals surface area (Å²) in [4.78, 5) is 16.1. The molecule has 118 valence electrons. The standard InChI is InChI=1S/C17H17N3O3/c18-17(19)20-16(21)13(8-11-4-2-1-3-5-11)12-6-7-14-15(9-12)23-10-22-14/h1-7,9,13H,8,10H2,(H4,18,19,20,21)/t13-/m0/s1. The van der Waals surface area contributed by atoms with E-state index >= 15 is 0 Å². The zero-order valence-electron chi connectivity index (χ0n) is 12.4. The second-order valence-corrected chi connectivity index (χ2v) is 5.23. The first kappa shape index (κ1) is 14.9. The smallest absolute Gasteiger partial charge is 0.256 e. The molecule has 0 saturated heterocycles. The predicted molar refractivity (Wildman–Crippen MR) is 86.3 cm³/mol. The molecule has 1 amide bonds. The van der Waals surface area contributed by atoms with Crippen LogP contribution in [0, 0.1) is 0 Å². The van der Waals surface area contributed by atoms with Gasteiger partial charge < -0.3 is 20.9 Å². The van der Waals surface area contributed by atoms with E-state index in [0.717, 1.165) is 11.1 Å². The molecule has 4 N–H and O–H groups in total. The third kappa shape index (κ3) is 3.42. The van der Waals surface area contributed by atoms with Gasteiger partial charge in [-0.1, -0.05) is 36.4 Å². The van der Waals surface area contributed by atoms with E-state index in [9.17, 15) is 4.79 Å². The first-order valence-electron chi connectivity index (χ1n) is 7.20. The number of rotatable bonds is 4. The number of carbonyl (C=O) groups is 1. The fraction of sp³-hybridized carbons (Fsp3) is 0.176. The lowest BCUT2D eigenvalue weighted by atomic mass is 9.91. The van der Waals surface area contributed by atoms with Crippen molar-refractivity contribution in [1.82, 2.24) is 0 Å². The van der Waals surface area contributed by atoms with Crippen molar-refractivity contribution in [2.45, 2.75) is 12.3 Å². The van der Waals surface area contributed by atoms with Crippen molar-refractivity contribution in [3.63, 3.8) is 0 Å². The summed E-state index contributed by atoms with van der Waals surface area (Å²) in [5.74, 6) is 0.176. The van der Waals surface area contributed by atoms with Crippen LogP contribution in [0.4, 0.5) is 0 Å². The van der Waals surface area contributed by atoms with Crippen molar-refractivity contribution >= 4 is 11.9 Å². The topological polar surface area (TPSA) is 99.9 Å². The predicted octanol–water partition coefficient (Wildman–Crippen LogP) is 1.54. The molecule has 0 radical (unpaired) electrons. The van der Waals surface area contributed by atoms with E-state index in [1.807, 2.05) is 36.4 Å². The van der Waals surface area contributed by atoms with Gasteiger partial charge in [0.05, 0.1) is 5.92 Å². The third-order valence-corrected chi connectivity index (χ3v) is 3.62. The van der Waals surface area contributed by atoms with Crippen LogP contribution in [0.5, 0.6) is 11.5 Å². The van der Waals surface area contributed by atoms with Gasteiger partial charge in [-0.25, -0.2) is 0 Å². The second-order valence-electron chi connectivity index (χ2n) is 5.23. The number of guanidine groups is 1. The van der Waals surface area contributed by atoms with E-state index in [2.05, 4.69) is 4.99 Å². The molecule has 23 heavy (non-hydrogen) atoms. The van der Waals surface area contributed by atoms with Gasteiger partial charge in [-0.3, -0.25) is 4.79 Å². The molecule has 0 aromatic heterocycles. The number of fused-ring (bicyclic) bond motifs is 1. The van der Waals surface area contributed by atoms with E-state index in [1.165, 1.54) is 0 Å². The zero-order valence-corrected chi connectivity index (χ0v) is 12.4. The maximum atomic E-state index is 12.4. The quantitative estimate of drug-likeness (QED) is 0.659. The van der Waals surface area contributed by atoms with Crippen LogP contribution >= 0.6 is 0 Å². The van der Waals surface area contributed by atoms with E-state index in [0.29, 0.717) is 17.9 Å². The lowest BCUT2D eigenvalue weighted by Crippen LogP contribution is -2.26. The van der Waals surface area contributed by atoms with Crippen LogP contribution in [0.3, 0.4) is 0 Å². The average Bonchev–Trinajstić information content (AvgIpc) is 3.00. The van der Waals surface area contributed by atoms with Crippen molar-refractivity contribution in [3.05, 3.63) is 59.7 Å². The van der Waals surface area contributed by atoms with E-state index in [4.69, 9.17) is 20.9 Å². The maximum absolute atomic E-state index is 12.4. The Morgan fingerprint density at radius 1 is 1.09 bits per heavy atom. The first-order valence-corrected chi connectivity index (χ1v) is 7.20. The van der Waals surface area contributed by atoms with E-state index < -0.39 is 5.92 Å². The highest BCUT2D eigenvalue weighted by Crippen LogP contribution is 2.35. The number of amides is 1. The Labute approximate surface area is 133 Å². The van der Waals surface area contributed by atoms with Crippen LogP contribution in [0.1, 0.15) is 17.0 Å². The maximum Gasteiger partial charge on any atom is 0.256 e. The SMILES string of the molecule is NC(N)=NC(=O)[C@@H](Cc1ccccc1)c1ccc2c(c1)OCO2. The summed E-state index contributed by atoms with van der Waals surface area (Å²) in [5, 5.41) is 0. The van der Waals surface area contributed by atoms with Crippen molar-refractivity contribution in [3.8, 4) is 11.5 Å². The van der Waals surface area contributed by atoms with Gasteiger partial charge in [-0.05, 0) is 29.7 Å². The Hall–Kier alpha value is -3.02. The molecule has 2 aromatic rings. The number of hydrogen-bond donors (Lipinski definition) is 2. The summed E-state index contributed by atoms with van der Waals surface area (Å²) < 4.78 is 10.7. The lowest BCUT2D eigenvalue weighted by Gasteiger charge is -2.15. The van der Waals surface area contributed by atoms with Crippen molar-refractivity contribution in [2.75, 3.05) is 6.79 Å². The van der Waals surface area contributed by atoms with Crippen LogP contribution in [0.2, 0.25) is 0 Å². The summed E-state index contributed by atoms with van der Waals surface area (Å²) in [6.07, 6.45) is 0.496. The molecule has 0 unspecified atom stereocenters. The molecular formula is C17H17N3O3. The van der Waals surface area contributed by atoms with Gasteiger partial charge in [0.2, 0.25) is 6.79 Å². The van der Waals surface area contributed by atoms with Gasteiger partial charge in [-0.2, -0.15) is 4.99 Å². The Balaban J connectivity index is 1.94. The number of nitrogens with two attached hydrogens (primary N) is 2. The van der Waals surface area contributed by atoms with E-state index in [1.54, 1.807) is 12.1 Å². The molecular weight excluding hydrogens is 294 g/mol. The monoisotopic (exact) mass is 311 g/mol. The minimum absolute atomic E-state index is 0.185. The molecule has 2 aromatic carbocycles. The fourth-order valence-electron chi connectivity index (χ4n) is 2.53. The summed E-state index contributed by atoms with van der Waals surface area (Å²) in [5.41, 5.74) is 12.5. The molecule has 6 nitrogen and oxygen atoms in total. The van der Waals surface area contributed by atoms with Gasteiger partial charge >= 0.3 is 0 Å². The van der Waals surface area contributed by atoms with Crippen molar-refractivity contribution in [1.29, 1.82) is 0 Å². The molecule has 1 aliphatic heterocycles. The number of carbonyl (C=O) groups excluding carboxylic acids is 1. The fourth-order valence-corrected chi connectivity index (χ4v) is 2.53. The summed E-state index contributed by atoms with van der Waals surface area (Å²) in [6.45, 7) is 0.185. The normalized spacial score (nSPS) is 13.4. The highest BCUT2D eigenvalue weighted by Gasteiger charge is 2.24. The summed E-state index contributed by atoms with van der Waals surface area (Å²) in [6, 6.07) is 15.1. The molecule has 1 heterocycles. The molecule has 1 atom stereocenters. The average molecular weight is 311 g/mol. The van der Waals surface area contributed by atoms with Gasteiger partial charge in [0.25, 0.3) is 5.91 Å². The number of aliphatic imine (C=N–C) groups is 1. The Kier molecular flexibility index (Phi) is 4.14. The van der Waals surface area contributed by atoms with Crippen LogP contribution < -0.4 is 20.9 Å². The number of ether oxygens (including phenoxy) is 2. The Morgan fingerprint density at radius 3 is 2.57 bits per heavy atom.